The second-order valence-electron chi connectivity index (χ2n) is 4.73. The smallest absolute Gasteiger partial charge is 0.415 e. The maximum Gasteiger partial charge on any atom is 0.440 e. The van der Waals surface area contributed by atoms with Crippen LogP contribution in [0.5, 0.6) is 5.75 Å². The lowest BCUT2D eigenvalue weighted by atomic mass is 10.3. The van der Waals surface area contributed by atoms with Crippen LogP contribution in [0.1, 0.15) is 27.7 Å². The summed E-state index contributed by atoms with van der Waals surface area (Å²) in [5.74, 6) is 0.360. The van der Waals surface area contributed by atoms with Crippen LogP contribution in [-0.2, 0) is 9.09 Å². The summed E-state index contributed by atoms with van der Waals surface area (Å²) in [4.78, 5) is 0. The largest absolute Gasteiger partial charge is 0.440 e. The van der Waals surface area contributed by atoms with Gasteiger partial charge in [0.05, 0.1) is 11.6 Å². The molecule has 1 aromatic rings. The zero-order valence-electron chi connectivity index (χ0n) is 11.3. The fourth-order valence-electron chi connectivity index (χ4n) is 1.23. The van der Waals surface area contributed by atoms with E-state index >= 15 is 0 Å². The lowest BCUT2D eigenvalue weighted by Gasteiger charge is -2.25. The molecule has 0 amide bonds. The van der Waals surface area contributed by atoms with Gasteiger partial charge in [0.15, 0.2) is 0 Å². The molecule has 0 fully saturated rings. The van der Waals surface area contributed by atoms with E-state index in [1.54, 1.807) is 25.1 Å². The van der Waals surface area contributed by atoms with Crippen LogP contribution in [0.15, 0.2) is 22.7 Å². The van der Waals surface area contributed by atoms with E-state index in [1.807, 2.05) is 20.8 Å². The molecule has 3 nitrogen and oxygen atoms in total. The van der Waals surface area contributed by atoms with Crippen molar-refractivity contribution in [2.24, 2.45) is 0 Å². The summed E-state index contributed by atoms with van der Waals surface area (Å²) >= 11 is 10.6. The Kier molecular flexibility index (Phi) is 6.27. The Morgan fingerprint density at radius 3 is 2.53 bits per heavy atom. The SMILES string of the molecule is CCOP(=O)(Oc1ccc(Br)cc1Cl)SC(C)(C)C. The molecule has 1 atom stereocenters. The molecule has 1 unspecified atom stereocenters. The molecule has 0 spiro atoms. The van der Waals surface area contributed by atoms with Crippen molar-refractivity contribution in [2.45, 2.75) is 32.4 Å². The van der Waals surface area contributed by atoms with Crippen molar-refractivity contribution < 1.29 is 13.6 Å². The van der Waals surface area contributed by atoms with Gasteiger partial charge in [-0.1, -0.05) is 48.3 Å². The van der Waals surface area contributed by atoms with Crippen molar-refractivity contribution >= 4 is 45.7 Å². The summed E-state index contributed by atoms with van der Waals surface area (Å²) in [6.45, 7) is 4.67. The first-order valence-electron chi connectivity index (χ1n) is 5.75. The highest BCUT2D eigenvalue weighted by Gasteiger charge is 2.34. The Hall–Kier alpha value is 0.330. The Morgan fingerprint density at radius 2 is 2.05 bits per heavy atom. The van der Waals surface area contributed by atoms with Crippen LogP contribution in [0.2, 0.25) is 5.02 Å². The Labute approximate surface area is 131 Å². The molecule has 108 valence electrons. The first-order valence-corrected chi connectivity index (χ1v) is 9.89. The third kappa shape index (κ3) is 6.09. The molecule has 0 aliphatic carbocycles. The van der Waals surface area contributed by atoms with Gasteiger partial charge in [-0.15, -0.1) is 0 Å². The molecule has 1 aromatic carbocycles. The monoisotopic (exact) mass is 386 g/mol. The van der Waals surface area contributed by atoms with E-state index in [9.17, 15) is 4.57 Å². The van der Waals surface area contributed by atoms with Gasteiger partial charge in [0.2, 0.25) is 0 Å². The maximum atomic E-state index is 12.7. The van der Waals surface area contributed by atoms with E-state index < -0.39 is 6.80 Å². The topological polar surface area (TPSA) is 35.5 Å². The van der Waals surface area contributed by atoms with Gasteiger partial charge >= 0.3 is 6.80 Å². The molecule has 0 aromatic heterocycles. The Morgan fingerprint density at radius 1 is 1.42 bits per heavy atom. The van der Waals surface area contributed by atoms with Crippen molar-refractivity contribution in [3.63, 3.8) is 0 Å². The molecule has 0 radical (unpaired) electrons. The average Bonchev–Trinajstić information content (AvgIpc) is 2.19. The fraction of sp³-hybridized carbons (Fsp3) is 0.500. The molecule has 1 rings (SSSR count). The lowest BCUT2D eigenvalue weighted by molar-refractivity contribution is 0.296. The van der Waals surface area contributed by atoms with Crippen LogP contribution in [0.4, 0.5) is 0 Å². The van der Waals surface area contributed by atoms with Crippen LogP contribution < -0.4 is 4.52 Å². The van der Waals surface area contributed by atoms with E-state index in [-0.39, 0.29) is 4.75 Å². The van der Waals surface area contributed by atoms with E-state index in [0.717, 1.165) is 4.47 Å². The molecular weight excluding hydrogens is 371 g/mol. The van der Waals surface area contributed by atoms with E-state index in [2.05, 4.69) is 15.9 Å². The molecule has 19 heavy (non-hydrogen) atoms. The number of rotatable bonds is 5. The van der Waals surface area contributed by atoms with Crippen molar-refractivity contribution in [3.05, 3.63) is 27.7 Å². The van der Waals surface area contributed by atoms with Gasteiger partial charge in [-0.3, -0.25) is 4.52 Å². The summed E-state index contributed by atoms with van der Waals surface area (Å²) < 4.78 is 24.1. The highest BCUT2D eigenvalue weighted by atomic mass is 79.9. The van der Waals surface area contributed by atoms with E-state index in [0.29, 0.717) is 17.4 Å². The molecule has 0 aliphatic heterocycles. The van der Waals surface area contributed by atoms with Crippen molar-refractivity contribution in [1.82, 2.24) is 0 Å². The van der Waals surface area contributed by atoms with E-state index in [4.69, 9.17) is 20.6 Å². The third-order valence-electron chi connectivity index (χ3n) is 1.78. The summed E-state index contributed by atoms with van der Waals surface area (Å²) in [7, 11) is 0. The average molecular weight is 388 g/mol. The Balaban J connectivity index is 2.98. The highest BCUT2D eigenvalue weighted by Crippen LogP contribution is 2.64. The van der Waals surface area contributed by atoms with E-state index in [1.165, 1.54) is 11.4 Å². The van der Waals surface area contributed by atoms with Crippen LogP contribution in [0, 0.1) is 0 Å². The maximum absolute atomic E-state index is 12.7. The molecule has 0 N–H and O–H groups in total. The van der Waals surface area contributed by atoms with Gasteiger partial charge in [-0.05, 0) is 36.5 Å². The van der Waals surface area contributed by atoms with Crippen LogP contribution in [0.3, 0.4) is 0 Å². The molecule has 0 heterocycles. The van der Waals surface area contributed by atoms with Gasteiger partial charge in [-0.2, -0.15) is 0 Å². The van der Waals surface area contributed by atoms with Crippen molar-refractivity contribution in [3.8, 4) is 5.75 Å². The predicted octanol–water partition coefficient (Wildman–Crippen LogP) is 6.16. The quantitative estimate of drug-likeness (QED) is 0.567. The minimum absolute atomic E-state index is 0.244. The lowest BCUT2D eigenvalue weighted by Crippen LogP contribution is -2.09. The van der Waals surface area contributed by atoms with Crippen LogP contribution >= 0.6 is 45.7 Å². The fourth-order valence-corrected chi connectivity index (χ4v) is 6.37. The van der Waals surface area contributed by atoms with Gasteiger partial charge < -0.3 is 4.52 Å². The summed E-state index contributed by atoms with van der Waals surface area (Å²) in [5.41, 5.74) is 0. The first-order chi connectivity index (χ1) is 8.65. The summed E-state index contributed by atoms with van der Waals surface area (Å²) in [6.07, 6.45) is 0. The minimum atomic E-state index is -3.29. The normalized spacial score (nSPS) is 15.1. The third-order valence-corrected chi connectivity index (χ3v) is 7.19. The molecule has 0 saturated heterocycles. The first kappa shape index (κ1) is 17.4. The van der Waals surface area contributed by atoms with Gasteiger partial charge in [0.1, 0.15) is 5.75 Å². The summed E-state index contributed by atoms with van der Waals surface area (Å²) in [5, 5.41) is 0.392. The standard InChI is InChI=1S/C12H17BrClO3PS/c1-5-16-18(15,19-12(2,3)4)17-11-7-6-9(13)8-10(11)14/h6-8H,5H2,1-4H3. The number of benzene rings is 1. The molecule has 7 heteroatoms. The number of hydrogen-bond donors (Lipinski definition) is 0. The number of halogens is 2. The number of hydrogen-bond acceptors (Lipinski definition) is 4. The predicted molar refractivity (Wildman–Crippen MR) is 86.4 cm³/mol. The van der Waals surface area contributed by atoms with Gasteiger partial charge in [0, 0.05) is 9.22 Å². The zero-order chi connectivity index (χ0) is 14.7. The van der Waals surface area contributed by atoms with Gasteiger partial charge in [-0.25, -0.2) is 4.57 Å². The molecular formula is C12H17BrClO3PS. The summed E-state index contributed by atoms with van der Waals surface area (Å²) in [6, 6.07) is 5.13. The van der Waals surface area contributed by atoms with Crippen LogP contribution in [-0.4, -0.2) is 11.4 Å². The van der Waals surface area contributed by atoms with Crippen molar-refractivity contribution in [2.75, 3.05) is 6.61 Å². The minimum Gasteiger partial charge on any atom is -0.415 e. The van der Waals surface area contributed by atoms with Crippen molar-refractivity contribution in [1.29, 1.82) is 0 Å². The second kappa shape index (κ2) is 6.86. The highest BCUT2D eigenvalue weighted by molar-refractivity contribution is 9.10. The second-order valence-corrected chi connectivity index (χ2v) is 10.7. The Bertz CT molecular complexity index is 490. The van der Waals surface area contributed by atoms with Gasteiger partial charge in [0.25, 0.3) is 0 Å². The molecule has 0 aliphatic rings. The molecule has 0 saturated carbocycles. The zero-order valence-corrected chi connectivity index (χ0v) is 15.3. The molecule has 0 bridgehead atoms. The van der Waals surface area contributed by atoms with Crippen LogP contribution in [0.25, 0.3) is 0 Å².